The number of rotatable bonds is 3. The first-order valence-corrected chi connectivity index (χ1v) is 5.17. The van der Waals surface area contributed by atoms with E-state index in [-0.39, 0.29) is 5.91 Å². The third-order valence-corrected chi connectivity index (χ3v) is 2.36. The Labute approximate surface area is 90.6 Å². The summed E-state index contributed by atoms with van der Waals surface area (Å²) in [7, 11) is 0. The molecule has 2 nitrogen and oxygen atoms in total. The van der Waals surface area contributed by atoms with E-state index in [2.05, 4.69) is 21.2 Å². The van der Waals surface area contributed by atoms with Crippen LogP contribution in [-0.2, 0) is 0 Å². The zero-order valence-electron chi connectivity index (χ0n) is 7.81. The Morgan fingerprint density at radius 1 is 1.57 bits per heavy atom. The molecule has 0 atom stereocenters. The van der Waals surface area contributed by atoms with Gasteiger partial charge >= 0.3 is 0 Å². The number of nitrogens with one attached hydrogen (secondary N) is 1. The second-order valence-electron chi connectivity index (χ2n) is 2.88. The second-order valence-corrected chi connectivity index (χ2v) is 3.74. The zero-order chi connectivity index (χ0) is 10.6. The van der Waals surface area contributed by atoms with E-state index in [1.54, 1.807) is 6.07 Å². The Morgan fingerprint density at radius 3 is 2.86 bits per heavy atom. The first kappa shape index (κ1) is 11.2. The Bertz CT molecular complexity index is 341. The van der Waals surface area contributed by atoms with Gasteiger partial charge in [0.2, 0.25) is 0 Å². The van der Waals surface area contributed by atoms with Crippen LogP contribution in [0.4, 0.5) is 4.39 Å². The van der Waals surface area contributed by atoms with Crippen LogP contribution in [0.5, 0.6) is 0 Å². The molecule has 0 radical (unpaired) electrons. The molecule has 0 unspecified atom stereocenters. The molecule has 4 heteroatoms. The van der Waals surface area contributed by atoms with Crippen LogP contribution in [0.15, 0.2) is 22.7 Å². The average Bonchev–Trinajstić information content (AvgIpc) is 2.18. The van der Waals surface area contributed by atoms with Crippen LogP contribution >= 0.6 is 15.9 Å². The van der Waals surface area contributed by atoms with E-state index in [4.69, 9.17) is 0 Å². The summed E-state index contributed by atoms with van der Waals surface area (Å²) in [5.41, 5.74) is 0.346. The lowest BCUT2D eigenvalue weighted by atomic mass is 10.2. The summed E-state index contributed by atoms with van der Waals surface area (Å²) in [5, 5.41) is 2.67. The summed E-state index contributed by atoms with van der Waals surface area (Å²) in [6, 6.07) is 4.32. The van der Waals surface area contributed by atoms with Crippen LogP contribution in [0, 0.1) is 5.82 Å². The molecule has 1 N–H and O–H groups in total. The number of hydrogen-bond acceptors (Lipinski definition) is 1. The van der Waals surface area contributed by atoms with Crippen LogP contribution in [0.25, 0.3) is 0 Å². The van der Waals surface area contributed by atoms with E-state index >= 15 is 0 Å². The predicted molar refractivity (Wildman–Crippen MR) is 56.7 cm³/mol. The summed E-state index contributed by atoms with van der Waals surface area (Å²) in [6.45, 7) is 2.57. The molecule has 0 spiro atoms. The lowest BCUT2D eigenvalue weighted by molar-refractivity contribution is 0.0953. The highest BCUT2D eigenvalue weighted by Crippen LogP contribution is 2.16. The van der Waals surface area contributed by atoms with Gasteiger partial charge in [-0.25, -0.2) is 4.39 Å². The molecule has 1 rings (SSSR count). The van der Waals surface area contributed by atoms with Crippen molar-refractivity contribution >= 4 is 21.8 Å². The monoisotopic (exact) mass is 259 g/mol. The highest BCUT2D eigenvalue weighted by molar-refractivity contribution is 9.10. The zero-order valence-corrected chi connectivity index (χ0v) is 9.40. The average molecular weight is 260 g/mol. The first-order valence-electron chi connectivity index (χ1n) is 4.38. The van der Waals surface area contributed by atoms with Gasteiger partial charge in [-0.05, 0) is 40.5 Å². The topological polar surface area (TPSA) is 29.1 Å². The minimum Gasteiger partial charge on any atom is -0.352 e. The molecular formula is C10H11BrFNO. The summed E-state index contributed by atoms with van der Waals surface area (Å²) in [5.74, 6) is -0.660. The Kier molecular flexibility index (Phi) is 4.07. The minimum absolute atomic E-state index is 0.238. The van der Waals surface area contributed by atoms with Crippen molar-refractivity contribution in [3.63, 3.8) is 0 Å². The molecular weight excluding hydrogens is 249 g/mol. The molecule has 0 fully saturated rings. The van der Waals surface area contributed by atoms with E-state index in [0.717, 1.165) is 6.42 Å². The molecule has 76 valence electrons. The van der Waals surface area contributed by atoms with E-state index in [9.17, 15) is 9.18 Å². The number of carbonyl (C=O) groups is 1. The normalized spacial score (nSPS) is 9.93. The largest absolute Gasteiger partial charge is 0.352 e. The highest BCUT2D eigenvalue weighted by atomic mass is 79.9. The van der Waals surface area contributed by atoms with Gasteiger partial charge in [-0.15, -0.1) is 0 Å². The molecule has 0 aliphatic carbocycles. The van der Waals surface area contributed by atoms with Gasteiger partial charge in [0.05, 0.1) is 4.47 Å². The lowest BCUT2D eigenvalue weighted by Gasteiger charge is -2.03. The lowest BCUT2D eigenvalue weighted by Crippen LogP contribution is -2.23. The summed E-state index contributed by atoms with van der Waals surface area (Å²) >= 11 is 3.02. The fraction of sp³-hybridized carbons (Fsp3) is 0.300. The highest BCUT2D eigenvalue weighted by Gasteiger charge is 2.07. The maximum absolute atomic E-state index is 13.0. The van der Waals surface area contributed by atoms with Gasteiger partial charge in [0, 0.05) is 12.1 Å². The van der Waals surface area contributed by atoms with Crippen LogP contribution in [-0.4, -0.2) is 12.5 Å². The standard InChI is InChI=1S/C10H11BrFNO/c1-2-5-13-10(14)7-3-4-8(11)9(12)6-7/h3-4,6H,2,5H2,1H3,(H,13,14). The molecule has 1 aromatic carbocycles. The van der Waals surface area contributed by atoms with Crippen molar-refractivity contribution in [1.29, 1.82) is 0 Å². The molecule has 1 aromatic rings. The van der Waals surface area contributed by atoms with Crippen molar-refractivity contribution < 1.29 is 9.18 Å². The van der Waals surface area contributed by atoms with Crippen LogP contribution in [0.3, 0.4) is 0 Å². The molecule has 0 aliphatic heterocycles. The van der Waals surface area contributed by atoms with Crippen LogP contribution in [0.1, 0.15) is 23.7 Å². The molecule has 0 saturated carbocycles. The maximum Gasteiger partial charge on any atom is 0.251 e. The first-order chi connectivity index (χ1) is 6.65. The molecule has 0 aliphatic rings. The van der Waals surface area contributed by atoms with E-state index < -0.39 is 5.82 Å². The number of hydrogen-bond donors (Lipinski definition) is 1. The number of benzene rings is 1. The van der Waals surface area contributed by atoms with Gasteiger partial charge in [-0.3, -0.25) is 4.79 Å². The van der Waals surface area contributed by atoms with Crippen molar-refractivity contribution in [2.24, 2.45) is 0 Å². The second kappa shape index (κ2) is 5.10. The van der Waals surface area contributed by atoms with Gasteiger partial charge < -0.3 is 5.32 Å². The van der Waals surface area contributed by atoms with Crippen molar-refractivity contribution in [2.75, 3.05) is 6.54 Å². The molecule has 0 heterocycles. The Balaban J connectivity index is 2.76. The Morgan fingerprint density at radius 2 is 2.29 bits per heavy atom. The predicted octanol–water partition coefficient (Wildman–Crippen LogP) is 2.73. The van der Waals surface area contributed by atoms with E-state index in [1.165, 1.54) is 12.1 Å². The molecule has 0 aromatic heterocycles. The molecule has 0 bridgehead atoms. The number of amides is 1. The quantitative estimate of drug-likeness (QED) is 0.889. The van der Waals surface area contributed by atoms with Crippen molar-refractivity contribution in [1.82, 2.24) is 5.32 Å². The van der Waals surface area contributed by atoms with Gasteiger partial charge in [0.15, 0.2) is 0 Å². The van der Waals surface area contributed by atoms with Gasteiger partial charge in [0.1, 0.15) is 5.82 Å². The number of halogens is 2. The Hall–Kier alpha value is -0.900. The molecule has 0 saturated heterocycles. The van der Waals surface area contributed by atoms with Crippen molar-refractivity contribution in [2.45, 2.75) is 13.3 Å². The van der Waals surface area contributed by atoms with Crippen molar-refractivity contribution in [3.8, 4) is 0 Å². The smallest absolute Gasteiger partial charge is 0.251 e. The number of carbonyl (C=O) groups excluding carboxylic acids is 1. The third kappa shape index (κ3) is 2.80. The van der Waals surface area contributed by atoms with Gasteiger partial charge in [-0.2, -0.15) is 0 Å². The fourth-order valence-electron chi connectivity index (χ4n) is 0.978. The summed E-state index contributed by atoms with van der Waals surface area (Å²) in [4.78, 5) is 11.4. The minimum atomic E-state index is -0.422. The maximum atomic E-state index is 13.0. The van der Waals surface area contributed by atoms with Gasteiger partial charge in [0.25, 0.3) is 5.91 Å². The summed E-state index contributed by atoms with van der Waals surface area (Å²) < 4.78 is 13.4. The van der Waals surface area contributed by atoms with Crippen LogP contribution < -0.4 is 5.32 Å². The third-order valence-electron chi connectivity index (χ3n) is 1.72. The fourth-order valence-corrected chi connectivity index (χ4v) is 1.22. The van der Waals surface area contributed by atoms with Crippen molar-refractivity contribution in [3.05, 3.63) is 34.1 Å². The SMILES string of the molecule is CCCNC(=O)c1ccc(Br)c(F)c1. The van der Waals surface area contributed by atoms with E-state index in [1.807, 2.05) is 6.92 Å². The van der Waals surface area contributed by atoms with Gasteiger partial charge in [-0.1, -0.05) is 6.92 Å². The molecule has 14 heavy (non-hydrogen) atoms. The van der Waals surface area contributed by atoms with E-state index in [0.29, 0.717) is 16.6 Å². The molecule has 1 amide bonds. The summed E-state index contributed by atoms with van der Waals surface area (Å²) in [6.07, 6.45) is 0.866. The van der Waals surface area contributed by atoms with Crippen LogP contribution in [0.2, 0.25) is 0 Å².